The Morgan fingerprint density at radius 2 is 2.05 bits per heavy atom. The van der Waals surface area contributed by atoms with Crippen molar-refractivity contribution in [2.75, 3.05) is 6.54 Å². The fourth-order valence-corrected chi connectivity index (χ4v) is 2.83. The summed E-state index contributed by atoms with van der Waals surface area (Å²) in [7, 11) is 0. The van der Waals surface area contributed by atoms with Gasteiger partial charge in [0, 0.05) is 35.2 Å². The molecular formula is C15H20N2O3. The zero-order chi connectivity index (χ0) is 15.0. The van der Waals surface area contributed by atoms with Crippen LogP contribution >= 0.6 is 0 Å². The third kappa shape index (κ3) is 2.19. The van der Waals surface area contributed by atoms with Crippen LogP contribution in [-0.4, -0.2) is 27.3 Å². The topological polar surface area (TPSA) is 88.5 Å². The number of hydrogen-bond acceptors (Lipinski definition) is 3. The molecule has 0 aliphatic heterocycles. The first-order valence-corrected chi connectivity index (χ1v) is 6.63. The normalized spacial score (nSPS) is 12.8. The fraction of sp³-hybridized carbons (Fsp3) is 0.400. The van der Waals surface area contributed by atoms with Crippen LogP contribution in [0.15, 0.2) is 12.1 Å². The molecule has 1 heterocycles. The Kier molecular flexibility index (Phi) is 3.83. The molecule has 4 N–H and O–H groups in total. The molecule has 5 heteroatoms. The highest BCUT2D eigenvalue weighted by Gasteiger charge is 2.20. The van der Waals surface area contributed by atoms with Crippen molar-refractivity contribution in [2.24, 2.45) is 5.73 Å². The Balaban J connectivity index is 2.86. The minimum Gasteiger partial charge on any atom is -0.478 e. The van der Waals surface area contributed by atoms with Gasteiger partial charge >= 0.3 is 5.97 Å². The highest BCUT2D eigenvalue weighted by Crippen LogP contribution is 2.32. The van der Waals surface area contributed by atoms with Crippen molar-refractivity contribution in [3.63, 3.8) is 0 Å². The summed E-state index contributed by atoms with van der Waals surface area (Å²) in [5.41, 5.74) is 9.19. The van der Waals surface area contributed by atoms with E-state index < -0.39 is 12.1 Å². The number of hydrogen-bond donors (Lipinski definition) is 3. The van der Waals surface area contributed by atoms with Gasteiger partial charge in [0.15, 0.2) is 0 Å². The summed E-state index contributed by atoms with van der Waals surface area (Å²) >= 11 is 0. The second kappa shape index (κ2) is 5.26. The van der Waals surface area contributed by atoms with Gasteiger partial charge in [-0.1, -0.05) is 0 Å². The molecule has 1 unspecified atom stereocenters. The Morgan fingerprint density at radius 3 is 2.55 bits per heavy atom. The van der Waals surface area contributed by atoms with Crippen molar-refractivity contribution in [2.45, 2.75) is 33.4 Å². The van der Waals surface area contributed by atoms with Gasteiger partial charge < -0.3 is 20.5 Å². The van der Waals surface area contributed by atoms with E-state index in [9.17, 15) is 15.0 Å². The monoisotopic (exact) mass is 276 g/mol. The van der Waals surface area contributed by atoms with Gasteiger partial charge in [-0.15, -0.1) is 0 Å². The van der Waals surface area contributed by atoms with Crippen LogP contribution in [0, 0.1) is 13.8 Å². The van der Waals surface area contributed by atoms with Crippen LogP contribution in [0.3, 0.4) is 0 Å². The standard InChI is InChI=1S/C15H20N2O3/c1-8-6-12-13(7-11(8)15(19)20)17(5-4-16)9(2)14(12)10(3)18/h6-7,10,18H,4-5,16H2,1-3H3,(H,19,20). The Labute approximate surface area is 117 Å². The van der Waals surface area contributed by atoms with E-state index in [1.54, 1.807) is 19.9 Å². The number of nitrogens with zero attached hydrogens (tertiary/aromatic N) is 1. The lowest BCUT2D eigenvalue weighted by Gasteiger charge is -2.08. The molecule has 0 fully saturated rings. The predicted molar refractivity (Wildman–Crippen MR) is 78.1 cm³/mol. The minimum atomic E-state index is -0.943. The van der Waals surface area contributed by atoms with E-state index in [0.717, 1.165) is 22.2 Å². The summed E-state index contributed by atoms with van der Waals surface area (Å²) in [5.74, 6) is -0.943. The number of aliphatic hydroxyl groups is 1. The molecule has 5 nitrogen and oxygen atoms in total. The molecule has 0 saturated heterocycles. The molecule has 1 aromatic carbocycles. The average molecular weight is 276 g/mol. The van der Waals surface area contributed by atoms with Crippen LogP contribution in [0.4, 0.5) is 0 Å². The van der Waals surface area contributed by atoms with Gasteiger partial charge in [0.1, 0.15) is 0 Å². The van der Waals surface area contributed by atoms with Crippen LogP contribution < -0.4 is 5.73 Å². The third-order valence-corrected chi connectivity index (χ3v) is 3.72. The lowest BCUT2D eigenvalue weighted by atomic mass is 10.0. The van der Waals surface area contributed by atoms with Crippen molar-refractivity contribution < 1.29 is 15.0 Å². The summed E-state index contributed by atoms with van der Waals surface area (Å²) in [6.45, 7) is 6.46. The number of aliphatic hydroxyl groups excluding tert-OH is 1. The lowest BCUT2D eigenvalue weighted by Crippen LogP contribution is -2.11. The number of fused-ring (bicyclic) bond motifs is 1. The molecule has 1 aromatic heterocycles. The molecule has 1 atom stereocenters. The summed E-state index contributed by atoms with van der Waals surface area (Å²) in [4.78, 5) is 11.3. The number of carboxylic acid groups (broad SMARTS) is 1. The third-order valence-electron chi connectivity index (χ3n) is 3.72. The van der Waals surface area contributed by atoms with Crippen molar-refractivity contribution in [3.8, 4) is 0 Å². The minimum absolute atomic E-state index is 0.283. The number of aromatic carboxylic acids is 1. The van der Waals surface area contributed by atoms with E-state index >= 15 is 0 Å². The zero-order valence-electron chi connectivity index (χ0n) is 12.0. The molecule has 0 saturated carbocycles. The van der Waals surface area contributed by atoms with E-state index in [0.29, 0.717) is 18.7 Å². The van der Waals surface area contributed by atoms with E-state index in [1.807, 2.05) is 17.6 Å². The number of carbonyl (C=O) groups is 1. The molecule has 20 heavy (non-hydrogen) atoms. The van der Waals surface area contributed by atoms with Crippen LogP contribution in [0.1, 0.15) is 40.2 Å². The smallest absolute Gasteiger partial charge is 0.336 e. The number of aryl methyl sites for hydroxylation is 1. The highest BCUT2D eigenvalue weighted by atomic mass is 16.4. The molecule has 0 aliphatic rings. The zero-order valence-corrected chi connectivity index (χ0v) is 12.0. The second-order valence-electron chi connectivity index (χ2n) is 5.10. The average Bonchev–Trinajstić information content (AvgIpc) is 2.61. The largest absolute Gasteiger partial charge is 0.478 e. The van der Waals surface area contributed by atoms with E-state index in [1.165, 1.54) is 0 Å². The van der Waals surface area contributed by atoms with Crippen LogP contribution in [0.25, 0.3) is 10.9 Å². The Morgan fingerprint density at radius 1 is 1.40 bits per heavy atom. The Bertz CT molecular complexity index is 672. The first kappa shape index (κ1) is 14.6. The predicted octanol–water partition coefficient (Wildman–Crippen LogP) is 1.97. The van der Waals surface area contributed by atoms with Crippen molar-refractivity contribution >= 4 is 16.9 Å². The van der Waals surface area contributed by atoms with Gasteiger partial charge in [0.2, 0.25) is 0 Å². The molecule has 108 valence electrons. The number of rotatable bonds is 4. The molecule has 0 aliphatic carbocycles. The van der Waals surface area contributed by atoms with E-state index in [4.69, 9.17) is 5.73 Å². The van der Waals surface area contributed by atoms with Gasteiger partial charge in [-0.25, -0.2) is 4.79 Å². The van der Waals surface area contributed by atoms with Crippen LogP contribution in [0.5, 0.6) is 0 Å². The van der Waals surface area contributed by atoms with E-state index in [-0.39, 0.29) is 5.56 Å². The van der Waals surface area contributed by atoms with Crippen LogP contribution in [-0.2, 0) is 6.54 Å². The molecule has 0 spiro atoms. The molecule has 0 radical (unpaired) electrons. The highest BCUT2D eigenvalue weighted by molar-refractivity contribution is 5.97. The van der Waals surface area contributed by atoms with Gasteiger partial charge in [-0.05, 0) is 38.5 Å². The summed E-state index contributed by atoms with van der Waals surface area (Å²) in [6.07, 6.45) is -0.605. The summed E-state index contributed by atoms with van der Waals surface area (Å²) < 4.78 is 1.98. The SMILES string of the molecule is Cc1cc2c(C(C)O)c(C)n(CCN)c2cc1C(=O)O. The fourth-order valence-electron chi connectivity index (χ4n) is 2.83. The van der Waals surface area contributed by atoms with Gasteiger partial charge in [-0.2, -0.15) is 0 Å². The first-order chi connectivity index (χ1) is 9.38. The maximum atomic E-state index is 11.3. The van der Waals surface area contributed by atoms with Crippen molar-refractivity contribution in [1.29, 1.82) is 0 Å². The van der Waals surface area contributed by atoms with Crippen molar-refractivity contribution in [1.82, 2.24) is 4.57 Å². The first-order valence-electron chi connectivity index (χ1n) is 6.63. The Hall–Kier alpha value is -1.85. The maximum absolute atomic E-state index is 11.3. The summed E-state index contributed by atoms with van der Waals surface area (Å²) in [5, 5.41) is 20.1. The quantitative estimate of drug-likeness (QED) is 0.796. The molecule has 0 bridgehead atoms. The lowest BCUT2D eigenvalue weighted by molar-refractivity contribution is 0.0696. The van der Waals surface area contributed by atoms with Crippen molar-refractivity contribution in [3.05, 3.63) is 34.5 Å². The number of nitrogens with two attached hydrogens (primary N) is 1. The number of benzene rings is 1. The molecule has 2 aromatic rings. The van der Waals surface area contributed by atoms with Gasteiger partial charge in [-0.3, -0.25) is 0 Å². The van der Waals surface area contributed by atoms with Gasteiger partial charge in [0.25, 0.3) is 0 Å². The van der Waals surface area contributed by atoms with Gasteiger partial charge in [0.05, 0.1) is 11.7 Å². The van der Waals surface area contributed by atoms with E-state index in [2.05, 4.69) is 0 Å². The number of carboxylic acids is 1. The number of aromatic nitrogens is 1. The maximum Gasteiger partial charge on any atom is 0.336 e. The molecule has 0 amide bonds. The molecule has 2 rings (SSSR count). The second-order valence-corrected chi connectivity index (χ2v) is 5.10. The van der Waals surface area contributed by atoms with Crippen LogP contribution in [0.2, 0.25) is 0 Å². The molecular weight excluding hydrogens is 256 g/mol. The summed E-state index contributed by atoms with van der Waals surface area (Å²) in [6, 6.07) is 3.50.